The lowest BCUT2D eigenvalue weighted by molar-refractivity contribution is -0.156. The topological polar surface area (TPSA) is 92.8 Å². The van der Waals surface area contributed by atoms with Crippen LogP contribution >= 0.6 is 0 Å². The van der Waals surface area contributed by atoms with E-state index in [9.17, 15) is 19.4 Å². The molecule has 0 saturated heterocycles. The van der Waals surface area contributed by atoms with Crippen LogP contribution in [-0.4, -0.2) is 29.4 Å². The van der Waals surface area contributed by atoms with E-state index in [1.54, 1.807) is 0 Å². The molecule has 4 N–H and O–H groups in total. The van der Waals surface area contributed by atoms with Crippen LogP contribution in [-0.2, 0) is 9.53 Å². The summed E-state index contributed by atoms with van der Waals surface area (Å²) in [5, 5.41) is 19.1. The van der Waals surface area contributed by atoms with Gasteiger partial charge >= 0.3 is 5.97 Å². The summed E-state index contributed by atoms with van der Waals surface area (Å²) in [6.07, 6.45) is -3.53. The number of aliphatic hydroxyl groups excluding tert-OH is 2. The van der Waals surface area contributed by atoms with Gasteiger partial charge in [0.15, 0.2) is 6.10 Å². The Hall–Kier alpha value is -1.66. The Morgan fingerprint density at radius 2 is 2.06 bits per heavy atom. The van der Waals surface area contributed by atoms with Gasteiger partial charge in [-0.05, 0) is 13.0 Å². The summed E-state index contributed by atoms with van der Waals surface area (Å²) in [6, 6.07) is 2.61. The number of halogens is 1. The quantitative estimate of drug-likeness (QED) is 0.524. The highest BCUT2D eigenvalue weighted by atomic mass is 19.1. The van der Waals surface area contributed by atoms with Gasteiger partial charge in [0, 0.05) is 16.8 Å². The smallest absolute Gasteiger partial charge is 0.337 e. The van der Waals surface area contributed by atoms with Crippen LogP contribution in [0, 0.1) is 12.7 Å². The maximum absolute atomic E-state index is 13.7. The number of esters is 1. The van der Waals surface area contributed by atoms with Gasteiger partial charge in [-0.15, -0.1) is 0 Å². The number of hydrogen-bond donors (Lipinski definition) is 3. The molecule has 0 amide bonds. The summed E-state index contributed by atoms with van der Waals surface area (Å²) in [6.45, 7) is 1.44. The van der Waals surface area contributed by atoms with Gasteiger partial charge in [0.25, 0.3) is 0 Å². The Bertz CT molecular complexity index is 436. The molecule has 2 unspecified atom stereocenters. The average Bonchev–Trinajstić information content (AvgIpc) is 2.33. The summed E-state index contributed by atoms with van der Waals surface area (Å²) in [7, 11) is 1.06. The van der Waals surface area contributed by atoms with Crippen LogP contribution in [0.1, 0.15) is 17.2 Å². The van der Waals surface area contributed by atoms with E-state index in [2.05, 4.69) is 4.74 Å². The van der Waals surface area contributed by atoms with Crippen LogP contribution in [0.15, 0.2) is 12.1 Å². The van der Waals surface area contributed by atoms with Crippen molar-refractivity contribution >= 4 is 11.7 Å². The average molecular weight is 243 g/mol. The van der Waals surface area contributed by atoms with Crippen LogP contribution in [0.2, 0.25) is 0 Å². The highest BCUT2D eigenvalue weighted by Gasteiger charge is 2.29. The second kappa shape index (κ2) is 5.11. The normalized spacial score (nSPS) is 14.2. The van der Waals surface area contributed by atoms with Crippen molar-refractivity contribution in [3.05, 3.63) is 29.1 Å². The van der Waals surface area contributed by atoms with E-state index in [1.807, 2.05) is 0 Å². The predicted octanol–water partition coefficient (Wildman–Crippen LogP) is 0.284. The fraction of sp³-hybridized carbons (Fsp3) is 0.364. The molecule has 0 radical (unpaired) electrons. The summed E-state index contributed by atoms with van der Waals surface area (Å²) in [5.74, 6) is -1.79. The van der Waals surface area contributed by atoms with Crippen LogP contribution in [0.3, 0.4) is 0 Å². The van der Waals surface area contributed by atoms with E-state index < -0.39 is 24.0 Å². The van der Waals surface area contributed by atoms with Gasteiger partial charge < -0.3 is 20.7 Å². The summed E-state index contributed by atoms with van der Waals surface area (Å²) in [4.78, 5) is 11.0. The van der Waals surface area contributed by atoms with E-state index in [0.717, 1.165) is 7.11 Å². The monoisotopic (exact) mass is 243 g/mol. The lowest BCUT2D eigenvalue weighted by Gasteiger charge is -2.17. The first-order chi connectivity index (χ1) is 7.90. The Morgan fingerprint density at radius 1 is 1.47 bits per heavy atom. The molecule has 0 aliphatic heterocycles. The first-order valence-electron chi connectivity index (χ1n) is 4.88. The molecular formula is C11H14FNO4. The minimum Gasteiger partial charge on any atom is -0.467 e. The molecule has 0 aliphatic rings. The van der Waals surface area contributed by atoms with Gasteiger partial charge in [0.1, 0.15) is 11.9 Å². The van der Waals surface area contributed by atoms with E-state index in [-0.39, 0.29) is 16.8 Å². The molecule has 0 bridgehead atoms. The molecular weight excluding hydrogens is 229 g/mol. The minimum absolute atomic E-state index is 0.151. The van der Waals surface area contributed by atoms with Crippen LogP contribution in [0.25, 0.3) is 0 Å². The van der Waals surface area contributed by atoms with E-state index in [4.69, 9.17) is 5.73 Å². The van der Waals surface area contributed by atoms with Crippen molar-refractivity contribution in [2.24, 2.45) is 0 Å². The van der Waals surface area contributed by atoms with Gasteiger partial charge in [-0.25, -0.2) is 9.18 Å². The Kier molecular flexibility index (Phi) is 4.03. The number of methoxy groups -OCH3 is 1. The van der Waals surface area contributed by atoms with Gasteiger partial charge in [-0.1, -0.05) is 6.07 Å². The second-order valence-electron chi connectivity index (χ2n) is 3.60. The largest absolute Gasteiger partial charge is 0.467 e. The molecule has 6 heteroatoms. The molecule has 0 saturated carbocycles. The number of carbonyl (C=O) groups excluding carboxylic acids is 1. The number of ether oxygens (including phenoxy) is 1. The molecule has 0 aromatic heterocycles. The van der Waals surface area contributed by atoms with Gasteiger partial charge in [0.05, 0.1) is 7.11 Å². The highest BCUT2D eigenvalue weighted by Crippen LogP contribution is 2.26. The number of benzene rings is 1. The summed E-state index contributed by atoms with van der Waals surface area (Å²) in [5.41, 5.74) is 5.66. The Morgan fingerprint density at radius 3 is 2.59 bits per heavy atom. The van der Waals surface area contributed by atoms with Crippen LogP contribution in [0.4, 0.5) is 10.1 Å². The third-order valence-electron chi connectivity index (χ3n) is 2.52. The van der Waals surface area contributed by atoms with E-state index in [0.29, 0.717) is 0 Å². The zero-order chi connectivity index (χ0) is 13.2. The molecule has 0 heterocycles. The number of rotatable bonds is 3. The minimum atomic E-state index is -1.84. The SMILES string of the molecule is COC(=O)C(O)C(O)c1ccc(N)c(C)c1F. The van der Waals surface area contributed by atoms with Crippen LogP contribution < -0.4 is 5.73 Å². The second-order valence-corrected chi connectivity index (χ2v) is 3.60. The lowest BCUT2D eigenvalue weighted by atomic mass is 10.0. The molecule has 94 valence electrons. The number of nitrogen functional groups attached to an aromatic ring is 1. The molecule has 0 spiro atoms. The maximum atomic E-state index is 13.7. The number of hydrogen-bond acceptors (Lipinski definition) is 5. The molecule has 2 atom stereocenters. The van der Waals surface area contributed by atoms with Gasteiger partial charge in [-0.2, -0.15) is 0 Å². The summed E-state index contributed by atoms with van der Waals surface area (Å²) >= 11 is 0. The fourth-order valence-corrected chi connectivity index (χ4v) is 1.37. The molecule has 5 nitrogen and oxygen atoms in total. The van der Waals surface area contributed by atoms with Crippen LogP contribution in [0.5, 0.6) is 0 Å². The Balaban J connectivity index is 3.09. The third-order valence-corrected chi connectivity index (χ3v) is 2.52. The van der Waals surface area contributed by atoms with Crippen molar-refractivity contribution in [3.63, 3.8) is 0 Å². The zero-order valence-electron chi connectivity index (χ0n) is 9.48. The zero-order valence-corrected chi connectivity index (χ0v) is 9.48. The maximum Gasteiger partial charge on any atom is 0.337 e. The van der Waals surface area contributed by atoms with Crippen molar-refractivity contribution in [1.82, 2.24) is 0 Å². The number of anilines is 1. The molecule has 1 aromatic rings. The number of nitrogens with two attached hydrogens (primary N) is 1. The highest BCUT2D eigenvalue weighted by molar-refractivity contribution is 5.75. The number of carbonyl (C=O) groups is 1. The van der Waals surface area contributed by atoms with Crippen molar-refractivity contribution in [2.75, 3.05) is 12.8 Å². The van der Waals surface area contributed by atoms with E-state index >= 15 is 0 Å². The molecule has 1 aromatic carbocycles. The fourth-order valence-electron chi connectivity index (χ4n) is 1.37. The third kappa shape index (κ3) is 2.54. The molecule has 0 aliphatic carbocycles. The molecule has 17 heavy (non-hydrogen) atoms. The molecule has 0 fully saturated rings. The van der Waals surface area contributed by atoms with E-state index in [1.165, 1.54) is 19.1 Å². The first kappa shape index (κ1) is 13.4. The number of aliphatic hydroxyl groups is 2. The van der Waals surface area contributed by atoms with Gasteiger partial charge in [-0.3, -0.25) is 0 Å². The van der Waals surface area contributed by atoms with Crippen molar-refractivity contribution in [3.8, 4) is 0 Å². The first-order valence-corrected chi connectivity index (χ1v) is 4.88. The molecule has 1 rings (SSSR count). The lowest BCUT2D eigenvalue weighted by Crippen LogP contribution is -2.29. The Labute approximate surface area is 97.6 Å². The predicted molar refractivity (Wildman–Crippen MR) is 58.5 cm³/mol. The van der Waals surface area contributed by atoms with Crippen molar-refractivity contribution < 1.29 is 24.1 Å². The van der Waals surface area contributed by atoms with Gasteiger partial charge in [0.2, 0.25) is 0 Å². The standard InChI is InChI=1S/C11H14FNO4/c1-5-7(13)4-3-6(8(5)12)9(14)10(15)11(16)17-2/h3-4,9-10,14-15H,13H2,1-2H3. The van der Waals surface area contributed by atoms with Crippen molar-refractivity contribution in [1.29, 1.82) is 0 Å². The summed E-state index contributed by atoms with van der Waals surface area (Å²) < 4.78 is 18.0. The van der Waals surface area contributed by atoms with Crippen molar-refractivity contribution in [2.45, 2.75) is 19.1 Å².